The van der Waals surface area contributed by atoms with E-state index in [0.717, 1.165) is 12.1 Å². The molecule has 0 atom stereocenters. The molecule has 0 aliphatic rings. The smallest absolute Gasteiger partial charge is 0.335 e. The molecule has 0 aromatic heterocycles. The summed E-state index contributed by atoms with van der Waals surface area (Å²) in [6, 6.07) is 3.40. The van der Waals surface area contributed by atoms with Gasteiger partial charge in [-0.05, 0) is 24.6 Å². The number of aromatic carboxylic acids is 1. The predicted octanol–water partition coefficient (Wildman–Crippen LogP) is 0.940. The van der Waals surface area contributed by atoms with Gasteiger partial charge in [0.2, 0.25) is 0 Å². The van der Waals surface area contributed by atoms with E-state index in [0.29, 0.717) is 5.56 Å². The van der Waals surface area contributed by atoms with Crippen LogP contribution in [-0.2, 0) is 10.1 Å². The molecule has 0 saturated carbocycles. The van der Waals surface area contributed by atoms with Crippen LogP contribution in [0, 0.1) is 6.92 Å². The van der Waals surface area contributed by atoms with Crippen LogP contribution in [0.2, 0.25) is 0 Å². The van der Waals surface area contributed by atoms with Crippen molar-refractivity contribution in [2.45, 2.75) is 11.8 Å². The number of carbonyl (C=O) groups is 1. The summed E-state index contributed by atoms with van der Waals surface area (Å²) in [5, 5.41) is 8.68. The fourth-order valence-electron chi connectivity index (χ4n) is 0.992. The third-order valence-electron chi connectivity index (χ3n) is 1.74. The van der Waals surface area contributed by atoms with E-state index < -0.39 is 21.0 Å². The van der Waals surface area contributed by atoms with Gasteiger partial charge in [-0.3, -0.25) is 4.55 Å². The average Bonchev–Trinajstić information content (AvgIpc) is 2.02. The Morgan fingerprint density at radius 2 is 1.93 bits per heavy atom. The minimum Gasteiger partial charge on any atom is -0.478 e. The number of rotatable bonds is 2. The Morgan fingerprint density at radius 3 is 2.36 bits per heavy atom. The molecule has 1 aromatic rings. The highest BCUT2D eigenvalue weighted by molar-refractivity contribution is 7.85. The lowest BCUT2D eigenvalue weighted by Crippen LogP contribution is -2.04. The summed E-state index contributed by atoms with van der Waals surface area (Å²) in [4.78, 5) is 10.2. The number of hydrogen-bond acceptors (Lipinski definition) is 3. The second-order valence-electron chi connectivity index (χ2n) is 2.76. The van der Waals surface area contributed by atoms with E-state index in [9.17, 15) is 13.2 Å². The molecule has 0 unspecified atom stereocenters. The Hall–Kier alpha value is -1.40. The predicted molar refractivity (Wildman–Crippen MR) is 48.0 cm³/mol. The van der Waals surface area contributed by atoms with Crippen LogP contribution in [0.3, 0.4) is 0 Å². The molecule has 0 fully saturated rings. The van der Waals surface area contributed by atoms with Crippen molar-refractivity contribution in [3.8, 4) is 0 Å². The van der Waals surface area contributed by atoms with Crippen LogP contribution in [0.1, 0.15) is 15.9 Å². The lowest BCUT2D eigenvalue weighted by molar-refractivity contribution is 0.0696. The van der Waals surface area contributed by atoms with Gasteiger partial charge in [0.1, 0.15) is 0 Å². The topological polar surface area (TPSA) is 91.7 Å². The SMILES string of the molecule is Cc1ccc(S(=O)(=O)O)cc1C(=O)O. The first-order valence-electron chi connectivity index (χ1n) is 3.64. The summed E-state index contributed by atoms with van der Waals surface area (Å²) in [7, 11) is -4.34. The Morgan fingerprint density at radius 1 is 1.36 bits per heavy atom. The van der Waals surface area contributed by atoms with E-state index in [1.165, 1.54) is 13.0 Å². The minimum absolute atomic E-state index is 0.139. The Kier molecular flexibility index (Phi) is 2.59. The van der Waals surface area contributed by atoms with Crippen molar-refractivity contribution in [1.82, 2.24) is 0 Å². The van der Waals surface area contributed by atoms with Crippen molar-refractivity contribution in [3.63, 3.8) is 0 Å². The molecule has 14 heavy (non-hydrogen) atoms. The molecule has 0 saturated heterocycles. The highest BCUT2D eigenvalue weighted by atomic mass is 32.2. The molecule has 0 radical (unpaired) electrons. The van der Waals surface area contributed by atoms with Crippen LogP contribution in [-0.4, -0.2) is 24.0 Å². The monoisotopic (exact) mass is 216 g/mol. The molecule has 1 rings (SSSR count). The van der Waals surface area contributed by atoms with Gasteiger partial charge in [0.05, 0.1) is 10.5 Å². The van der Waals surface area contributed by atoms with E-state index in [-0.39, 0.29) is 5.56 Å². The maximum Gasteiger partial charge on any atom is 0.335 e. The van der Waals surface area contributed by atoms with Crippen LogP contribution in [0.4, 0.5) is 0 Å². The molecule has 0 bridgehead atoms. The van der Waals surface area contributed by atoms with Gasteiger partial charge in [-0.2, -0.15) is 8.42 Å². The van der Waals surface area contributed by atoms with Crippen LogP contribution < -0.4 is 0 Å². The lowest BCUT2D eigenvalue weighted by atomic mass is 10.1. The molecular formula is C8H8O5S. The Balaban J connectivity index is 3.42. The van der Waals surface area contributed by atoms with Crippen molar-refractivity contribution in [2.75, 3.05) is 0 Å². The van der Waals surface area contributed by atoms with Crippen molar-refractivity contribution in [1.29, 1.82) is 0 Å². The first kappa shape index (κ1) is 10.7. The molecule has 0 aliphatic heterocycles. The van der Waals surface area contributed by atoms with E-state index >= 15 is 0 Å². The molecule has 6 heteroatoms. The third kappa shape index (κ3) is 2.09. The van der Waals surface area contributed by atoms with Crippen molar-refractivity contribution >= 4 is 16.1 Å². The largest absolute Gasteiger partial charge is 0.478 e. The number of hydrogen-bond donors (Lipinski definition) is 2. The van der Waals surface area contributed by atoms with Crippen molar-refractivity contribution < 1.29 is 22.9 Å². The summed E-state index contributed by atoms with van der Waals surface area (Å²) in [5.41, 5.74) is 0.296. The zero-order valence-electron chi connectivity index (χ0n) is 7.26. The summed E-state index contributed by atoms with van der Waals surface area (Å²) in [5.74, 6) is -1.23. The van der Waals surface area contributed by atoms with E-state index in [1.54, 1.807) is 0 Å². The van der Waals surface area contributed by atoms with E-state index in [2.05, 4.69) is 0 Å². The molecule has 5 nitrogen and oxygen atoms in total. The van der Waals surface area contributed by atoms with Gasteiger partial charge >= 0.3 is 5.97 Å². The molecule has 0 amide bonds. The number of benzene rings is 1. The summed E-state index contributed by atoms with van der Waals surface area (Å²) < 4.78 is 30.0. The Labute approximate surface area is 80.7 Å². The zero-order chi connectivity index (χ0) is 10.9. The lowest BCUT2D eigenvalue weighted by Gasteiger charge is -2.02. The Bertz CT molecular complexity index is 475. The van der Waals surface area contributed by atoms with Gasteiger partial charge in [-0.15, -0.1) is 0 Å². The van der Waals surface area contributed by atoms with Crippen molar-refractivity contribution in [3.05, 3.63) is 29.3 Å². The fourth-order valence-corrected chi connectivity index (χ4v) is 1.50. The van der Waals surface area contributed by atoms with E-state index in [4.69, 9.17) is 9.66 Å². The summed E-state index contributed by atoms with van der Waals surface area (Å²) in [6.45, 7) is 1.54. The quantitative estimate of drug-likeness (QED) is 0.718. The normalized spacial score (nSPS) is 11.3. The first-order valence-corrected chi connectivity index (χ1v) is 5.08. The van der Waals surface area contributed by atoms with Crippen LogP contribution in [0.15, 0.2) is 23.1 Å². The van der Waals surface area contributed by atoms with Gasteiger partial charge in [-0.1, -0.05) is 6.07 Å². The second-order valence-corrected chi connectivity index (χ2v) is 4.18. The summed E-state index contributed by atoms with van der Waals surface area (Å²) in [6.07, 6.45) is 0. The van der Waals surface area contributed by atoms with Crippen molar-refractivity contribution in [2.24, 2.45) is 0 Å². The first-order chi connectivity index (χ1) is 6.32. The number of carboxylic acid groups (broad SMARTS) is 1. The van der Waals surface area contributed by atoms with Gasteiger partial charge < -0.3 is 5.11 Å². The number of aryl methyl sites for hydroxylation is 1. The van der Waals surface area contributed by atoms with E-state index in [1.807, 2.05) is 0 Å². The third-order valence-corrected chi connectivity index (χ3v) is 2.59. The van der Waals surface area contributed by atoms with Crippen LogP contribution in [0.25, 0.3) is 0 Å². The zero-order valence-corrected chi connectivity index (χ0v) is 8.08. The highest BCUT2D eigenvalue weighted by Gasteiger charge is 2.14. The summed E-state index contributed by atoms with van der Waals surface area (Å²) >= 11 is 0. The van der Waals surface area contributed by atoms with Gasteiger partial charge in [0.15, 0.2) is 0 Å². The van der Waals surface area contributed by atoms with Gasteiger partial charge in [0.25, 0.3) is 10.1 Å². The van der Waals surface area contributed by atoms with Crippen LogP contribution in [0.5, 0.6) is 0 Å². The van der Waals surface area contributed by atoms with Gasteiger partial charge in [-0.25, -0.2) is 4.79 Å². The second kappa shape index (κ2) is 3.39. The van der Waals surface area contributed by atoms with Gasteiger partial charge in [0, 0.05) is 0 Å². The maximum atomic E-state index is 10.7. The minimum atomic E-state index is -4.34. The maximum absolute atomic E-state index is 10.7. The molecule has 0 spiro atoms. The molecular weight excluding hydrogens is 208 g/mol. The highest BCUT2D eigenvalue weighted by Crippen LogP contribution is 2.15. The molecule has 2 N–H and O–H groups in total. The average molecular weight is 216 g/mol. The molecule has 76 valence electrons. The number of carboxylic acids is 1. The molecule has 0 heterocycles. The molecule has 1 aromatic carbocycles. The van der Waals surface area contributed by atoms with Crippen LogP contribution >= 0.6 is 0 Å². The standard InChI is InChI=1S/C8H8O5S/c1-5-2-3-6(14(11,12)13)4-7(5)8(9)10/h2-4H,1H3,(H,9,10)(H,11,12,13). The molecule has 0 aliphatic carbocycles. The fraction of sp³-hybridized carbons (Fsp3) is 0.125.